The Hall–Kier alpha value is -2.28. The average Bonchev–Trinajstić information content (AvgIpc) is 3.21. The highest BCUT2D eigenvalue weighted by molar-refractivity contribution is 5.81. The van der Waals surface area contributed by atoms with Crippen molar-refractivity contribution in [2.24, 2.45) is 16.3 Å². The third-order valence-electron chi connectivity index (χ3n) is 4.86. The first-order chi connectivity index (χ1) is 14.3. The van der Waals surface area contributed by atoms with Crippen molar-refractivity contribution < 1.29 is 14.3 Å². The molecule has 2 rings (SSSR count). The number of amides is 1. The molecule has 1 saturated heterocycles. The van der Waals surface area contributed by atoms with E-state index in [1.54, 1.807) is 0 Å². The normalized spacial score (nSPS) is 17.0. The summed E-state index contributed by atoms with van der Waals surface area (Å²) in [5, 5.41) is 9.46. The van der Waals surface area contributed by atoms with Crippen LogP contribution in [0, 0.1) is 18.3 Å². The second-order valence-electron chi connectivity index (χ2n) is 8.78. The maximum atomic E-state index is 12.0. The van der Waals surface area contributed by atoms with Crippen LogP contribution < -0.4 is 20.7 Å². The van der Waals surface area contributed by atoms with E-state index < -0.39 is 0 Å². The number of aliphatic imine (C=N–C) groups is 1. The van der Waals surface area contributed by atoms with Crippen LogP contribution in [-0.2, 0) is 16.1 Å². The Morgan fingerprint density at radius 1 is 1.23 bits per heavy atom. The minimum absolute atomic E-state index is 0.0420. The van der Waals surface area contributed by atoms with Crippen molar-refractivity contribution in [1.82, 2.24) is 16.0 Å². The van der Waals surface area contributed by atoms with Crippen LogP contribution in [0.3, 0.4) is 0 Å². The second kappa shape index (κ2) is 11.8. The zero-order valence-electron chi connectivity index (χ0n) is 19.1. The Bertz CT molecular complexity index is 707. The molecule has 168 valence electrons. The molecular formula is C23H38N4O3. The number of rotatable bonds is 9. The van der Waals surface area contributed by atoms with Crippen molar-refractivity contribution in [2.75, 3.05) is 39.5 Å². The minimum Gasteiger partial charge on any atom is -0.493 e. The lowest BCUT2D eigenvalue weighted by atomic mass is 9.96. The van der Waals surface area contributed by atoms with Gasteiger partial charge in [0.05, 0.1) is 19.8 Å². The first-order valence-electron chi connectivity index (χ1n) is 10.9. The topological polar surface area (TPSA) is 84.0 Å². The number of carbonyl (C=O) groups excluding carboxylic acids is 1. The summed E-state index contributed by atoms with van der Waals surface area (Å²) in [7, 11) is 0. The largest absolute Gasteiger partial charge is 0.493 e. The lowest BCUT2D eigenvalue weighted by Gasteiger charge is -2.18. The number of nitrogens with zero attached hydrogens (tertiary/aromatic N) is 1. The molecule has 7 heteroatoms. The van der Waals surface area contributed by atoms with Crippen molar-refractivity contribution in [1.29, 1.82) is 0 Å². The summed E-state index contributed by atoms with van der Waals surface area (Å²) in [6.07, 6.45) is 1.06. The SMILES string of the molecule is CCNC(=NCc1ccc(C)cc1OCC1CCOC1)NCCNC(=O)C(C)(C)C. The molecule has 0 aromatic heterocycles. The van der Waals surface area contributed by atoms with Crippen molar-refractivity contribution >= 4 is 11.9 Å². The maximum Gasteiger partial charge on any atom is 0.225 e. The predicted octanol–water partition coefficient (Wildman–Crippen LogP) is 2.63. The van der Waals surface area contributed by atoms with Gasteiger partial charge in [-0.1, -0.05) is 32.9 Å². The minimum atomic E-state index is -0.384. The third kappa shape index (κ3) is 8.22. The number of guanidine groups is 1. The van der Waals surface area contributed by atoms with Gasteiger partial charge in [-0.15, -0.1) is 0 Å². The van der Waals surface area contributed by atoms with Gasteiger partial charge >= 0.3 is 0 Å². The summed E-state index contributed by atoms with van der Waals surface area (Å²) in [5.41, 5.74) is 1.84. The van der Waals surface area contributed by atoms with Crippen molar-refractivity contribution in [2.45, 2.75) is 47.6 Å². The first kappa shape index (κ1) is 24.0. The van der Waals surface area contributed by atoms with Crippen molar-refractivity contribution in [3.8, 4) is 5.75 Å². The molecule has 1 aliphatic rings. The fourth-order valence-electron chi connectivity index (χ4n) is 2.98. The zero-order valence-corrected chi connectivity index (χ0v) is 19.1. The number of hydrogen-bond donors (Lipinski definition) is 3. The van der Waals surface area contributed by atoms with E-state index in [1.807, 2.05) is 27.7 Å². The molecule has 1 fully saturated rings. The number of carbonyl (C=O) groups is 1. The molecular weight excluding hydrogens is 380 g/mol. The molecule has 3 N–H and O–H groups in total. The maximum absolute atomic E-state index is 12.0. The fourth-order valence-corrected chi connectivity index (χ4v) is 2.98. The highest BCUT2D eigenvalue weighted by atomic mass is 16.5. The van der Waals surface area contributed by atoms with E-state index in [4.69, 9.17) is 14.5 Å². The number of benzene rings is 1. The quantitative estimate of drug-likeness (QED) is 0.326. The smallest absolute Gasteiger partial charge is 0.225 e. The van der Waals surface area contributed by atoms with Crippen LogP contribution in [0.25, 0.3) is 0 Å². The molecule has 0 bridgehead atoms. The van der Waals surface area contributed by atoms with Gasteiger partial charge in [0.2, 0.25) is 5.91 Å². The summed E-state index contributed by atoms with van der Waals surface area (Å²) in [4.78, 5) is 16.7. The Balaban J connectivity index is 1.91. The van der Waals surface area contributed by atoms with Crippen molar-refractivity contribution in [3.63, 3.8) is 0 Å². The number of ether oxygens (including phenoxy) is 2. The van der Waals surface area contributed by atoms with Gasteiger partial charge in [-0.05, 0) is 31.9 Å². The monoisotopic (exact) mass is 418 g/mol. The van der Waals surface area contributed by atoms with Crippen LogP contribution in [-0.4, -0.2) is 51.3 Å². The van der Waals surface area contributed by atoms with E-state index in [1.165, 1.54) is 5.56 Å². The van der Waals surface area contributed by atoms with Crippen LogP contribution in [0.15, 0.2) is 23.2 Å². The Morgan fingerprint density at radius 3 is 2.67 bits per heavy atom. The lowest BCUT2D eigenvalue weighted by Crippen LogP contribution is -2.43. The van der Waals surface area contributed by atoms with Crippen LogP contribution in [0.2, 0.25) is 0 Å². The highest BCUT2D eigenvalue weighted by Crippen LogP contribution is 2.23. The molecule has 0 radical (unpaired) electrons. The van der Waals surface area contributed by atoms with Gasteiger partial charge in [0.15, 0.2) is 5.96 Å². The molecule has 1 unspecified atom stereocenters. The summed E-state index contributed by atoms with van der Waals surface area (Å²) >= 11 is 0. The van der Waals surface area contributed by atoms with Crippen molar-refractivity contribution in [3.05, 3.63) is 29.3 Å². The van der Waals surface area contributed by atoms with Gasteiger partial charge in [0.25, 0.3) is 0 Å². The summed E-state index contributed by atoms with van der Waals surface area (Å²) in [6.45, 7) is 14.5. The molecule has 0 aliphatic carbocycles. The first-order valence-corrected chi connectivity index (χ1v) is 10.9. The molecule has 1 amide bonds. The summed E-state index contributed by atoms with van der Waals surface area (Å²) in [5.74, 6) is 2.11. The molecule has 0 saturated carbocycles. The predicted molar refractivity (Wildman–Crippen MR) is 121 cm³/mol. The van der Waals surface area contributed by atoms with Crippen LogP contribution >= 0.6 is 0 Å². The zero-order chi connectivity index (χ0) is 22.0. The van der Waals surface area contributed by atoms with E-state index in [2.05, 4.69) is 41.1 Å². The molecule has 30 heavy (non-hydrogen) atoms. The van der Waals surface area contributed by atoms with E-state index >= 15 is 0 Å². The van der Waals surface area contributed by atoms with Crippen LogP contribution in [0.1, 0.15) is 45.2 Å². The Labute approximate surface area is 181 Å². The fraction of sp³-hybridized carbons (Fsp3) is 0.652. The van der Waals surface area contributed by atoms with Gasteiger partial charge in [-0.25, -0.2) is 4.99 Å². The third-order valence-corrected chi connectivity index (χ3v) is 4.86. The summed E-state index contributed by atoms with van der Waals surface area (Å²) in [6, 6.07) is 6.23. The number of aryl methyl sites for hydroxylation is 1. The number of nitrogens with one attached hydrogen (secondary N) is 3. The molecule has 1 heterocycles. The summed E-state index contributed by atoms with van der Waals surface area (Å²) < 4.78 is 11.6. The van der Waals surface area contributed by atoms with Crippen LogP contribution in [0.5, 0.6) is 5.75 Å². The van der Waals surface area contributed by atoms with Gasteiger partial charge in [0.1, 0.15) is 5.75 Å². The van der Waals surface area contributed by atoms with Gasteiger partial charge < -0.3 is 25.4 Å². The van der Waals surface area contributed by atoms with E-state index in [9.17, 15) is 4.79 Å². The van der Waals surface area contributed by atoms with Gasteiger partial charge in [-0.3, -0.25) is 4.79 Å². The lowest BCUT2D eigenvalue weighted by molar-refractivity contribution is -0.128. The molecule has 0 spiro atoms. The van der Waals surface area contributed by atoms with E-state index in [-0.39, 0.29) is 11.3 Å². The molecule has 7 nitrogen and oxygen atoms in total. The van der Waals surface area contributed by atoms with E-state index in [0.29, 0.717) is 32.2 Å². The molecule has 1 aromatic carbocycles. The highest BCUT2D eigenvalue weighted by Gasteiger charge is 2.20. The van der Waals surface area contributed by atoms with Crippen LogP contribution in [0.4, 0.5) is 0 Å². The second-order valence-corrected chi connectivity index (χ2v) is 8.78. The molecule has 1 atom stereocenters. The number of hydrogen-bond acceptors (Lipinski definition) is 4. The van der Waals surface area contributed by atoms with E-state index in [0.717, 1.165) is 43.5 Å². The molecule has 1 aromatic rings. The Kier molecular flexibility index (Phi) is 9.43. The standard InChI is InChI=1S/C23H38N4O3/c1-6-24-22(26-11-10-25-21(28)23(3,4)5)27-14-19-8-7-17(2)13-20(19)30-16-18-9-12-29-15-18/h7-8,13,18H,6,9-12,14-16H2,1-5H3,(H,25,28)(H2,24,26,27). The van der Waals surface area contributed by atoms with Gasteiger partial charge in [-0.2, -0.15) is 0 Å². The Morgan fingerprint density at radius 2 is 2.00 bits per heavy atom. The van der Waals surface area contributed by atoms with Gasteiger partial charge in [0, 0.05) is 43.1 Å². The average molecular weight is 419 g/mol. The molecule has 1 aliphatic heterocycles.